The molecule has 168 valence electrons. The number of para-hydroxylation sites is 3. The zero-order chi connectivity index (χ0) is 23.4. The molecular weight excluding hydrogens is 439 g/mol. The smallest absolute Gasteiger partial charge is 0.244 e. The normalized spacial score (nSPS) is 10.9. The number of hydrogen-bond donors (Lipinski definition) is 2. The Morgan fingerprint density at radius 1 is 0.939 bits per heavy atom. The van der Waals surface area contributed by atoms with E-state index in [1.807, 2.05) is 56.3 Å². The van der Waals surface area contributed by atoms with Crippen molar-refractivity contribution >= 4 is 46.0 Å². The number of benzene rings is 3. The molecule has 2 N–H and O–H groups in total. The van der Waals surface area contributed by atoms with Crippen molar-refractivity contribution in [2.45, 2.75) is 25.5 Å². The van der Waals surface area contributed by atoms with Crippen LogP contribution in [0.15, 0.2) is 71.9 Å². The SMILES string of the molecule is Cc1ccc(NC(=O)CSc2nc3ccccc3n2CC(=O)Nc2ccccc2F)cc1C. The summed E-state index contributed by atoms with van der Waals surface area (Å²) in [5.41, 5.74) is 4.59. The largest absolute Gasteiger partial charge is 0.325 e. The Bertz CT molecular complexity index is 1340. The fourth-order valence-electron chi connectivity index (χ4n) is 3.36. The standard InChI is InChI=1S/C25H23FN4O2S/c1-16-11-12-18(13-17(16)2)27-24(32)15-33-25-29-21-9-5-6-10-22(21)30(25)14-23(31)28-20-8-4-3-7-19(20)26/h3-13H,14-15H2,1-2H3,(H,27,32)(H,28,31). The summed E-state index contributed by atoms with van der Waals surface area (Å²) in [7, 11) is 0. The van der Waals surface area contributed by atoms with Crippen LogP contribution in [0.3, 0.4) is 0 Å². The number of aryl methyl sites for hydroxylation is 2. The maximum atomic E-state index is 13.9. The van der Waals surface area contributed by atoms with Gasteiger partial charge in [-0.1, -0.05) is 42.1 Å². The van der Waals surface area contributed by atoms with E-state index in [4.69, 9.17) is 0 Å². The molecule has 0 spiro atoms. The Morgan fingerprint density at radius 3 is 2.48 bits per heavy atom. The van der Waals surface area contributed by atoms with Crippen LogP contribution in [0.25, 0.3) is 11.0 Å². The second-order valence-corrected chi connectivity index (χ2v) is 8.58. The van der Waals surface area contributed by atoms with Gasteiger partial charge in [0.25, 0.3) is 0 Å². The molecule has 4 aromatic rings. The summed E-state index contributed by atoms with van der Waals surface area (Å²) in [6, 6.07) is 19.2. The fraction of sp³-hybridized carbons (Fsp3) is 0.160. The summed E-state index contributed by atoms with van der Waals surface area (Å²) in [6.45, 7) is 3.95. The van der Waals surface area contributed by atoms with Crippen LogP contribution in [-0.2, 0) is 16.1 Å². The van der Waals surface area contributed by atoms with E-state index in [0.717, 1.165) is 22.3 Å². The number of rotatable bonds is 7. The number of imidazole rings is 1. The van der Waals surface area contributed by atoms with Gasteiger partial charge in [-0.2, -0.15) is 0 Å². The average Bonchev–Trinajstić information content (AvgIpc) is 3.14. The maximum absolute atomic E-state index is 13.9. The van der Waals surface area contributed by atoms with Crippen LogP contribution in [0.1, 0.15) is 11.1 Å². The molecule has 1 heterocycles. The van der Waals surface area contributed by atoms with Gasteiger partial charge in [0.2, 0.25) is 11.8 Å². The van der Waals surface area contributed by atoms with Crippen LogP contribution in [-0.4, -0.2) is 27.1 Å². The number of aromatic nitrogens is 2. The maximum Gasteiger partial charge on any atom is 0.244 e. The van der Waals surface area contributed by atoms with Crippen molar-refractivity contribution in [2.24, 2.45) is 0 Å². The Balaban J connectivity index is 1.48. The van der Waals surface area contributed by atoms with Gasteiger partial charge in [0, 0.05) is 5.69 Å². The van der Waals surface area contributed by atoms with Gasteiger partial charge < -0.3 is 15.2 Å². The highest BCUT2D eigenvalue weighted by Gasteiger charge is 2.16. The number of halogens is 1. The number of hydrogen-bond acceptors (Lipinski definition) is 4. The number of carbonyl (C=O) groups is 2. The Labute approximate surface area is 195 Å². The average molecular weight is 463 g/mol. The second-order valence-electron chi connectivity index (χ2n) is 7.63. The van der Waals surface area contributed by atoms with Crippen molar-refractivity contribution in [3.63, 3.8) is 0 Å². The van der Waals surface area contributed by atoms with Crippen LogP contribution < -0.4 is 10.6 Å². The van der Waals surface area contributed by atoms with Gasteiger partial charge in [0.15, 0.2) is 5.16 Å². The Hall–Kier alpha value is -3.65. The van der Waals surface area contributed by atoms with Crippen molar-refractivity contribution in [2.75, 3.05) is 16.4 Å². The highest BCUT2D eigenvalue weighted by Crippen LogP contribution is 2.25. The molecule has 6 nitrogen and oxygen atoms in total. The van der Waals surface area contributed by atoms with Gasteiger partial charge >= 0.3 is 0 Å². The van der Waals surface area contributed by atoms with E-state index >= 15 is 0 Å². The summed E-state index contributed by atoms with van der Waals surface area (Å²) in [5, 5.41) is 6.03. The van der Waals surface area contributed by atoms with Crippen LogP contribution in [0.4, 0.5) is 15.8 Å². The van der Waals surface area contributed by atoms with Crippen LogP contribution in [0, 0.1) is 19.7 Å². The van der Waals surface area contributed by atoms with Gasteiger partial charge in [-0.15, -0.1) is 0 Å². The minimum Gasteiger partial charge on any atom is -0.325 e. The molecule has 8 heteroatoms. The molecule has 0 bridgehead atoms. The van der Waals surface area contributed by atoms with Crippen molar-refractivity contribution in [1.82, 2.24) is 9.55 Å². The first kappa shape index (κ1) is 22.5. The summed E-state index contributed by atoms with van der Waals surface area (Å²) in [6.07, 6.45) is 0. The van der Waals surface area contributed by atoms with E-state index < -0.39 is 5.82 Å². The van der Waals surface area contributed by atoms with E-state index in [-0.39, 0.29) is 29.8 Å². The summed E-state index contributed by atoms with van der Waals surface area (Å²) in [4.78, 5) is 29.8. The van der Waals surface area contributed by atoms with Crippen molar-refractivity contribution in [3.05, 3.63) is 83.7 Å². The molecule has 0 radical (unpaired) electrons. The van der Waals surface area contributed by atoms with E-state index in [2.05, 4.69) is 15.6 Å². The summed E-state index contributed by atoms with van der Waals surface area (Å²) < 4.78 is 15.6. The highest BCUT2D eigenvalue weighted by atomic mass is 32.2. The topological polar surface area (TPSA) is 76.0 Å². The van der Waals surface area contributed by atoms with E-state index in [0.29, 0.717) is 10.7 Å². The quantitative estimate of drug-likeness (QED) is 0.372. The Morgan fingerprint density at radius 2 is 1.70 bits per heavy atom. The molecule has 0 saturated heterocycles. The number of amides is 2. The first-order valence-electron chi connectivity index (χ1n) is 10.4. The molecule has 0 saturated carbocycles. The molecule has 0 aliphatic carbocycles. The molecule has 3 aromatic carbocycles. The third-order valence-electron chi connectivity index (χ3n) is 5.19. The molecule has 2 amide bonds. The molecule has 0 atom stereocenters. The Kier molecular flexibility index (Phi) is 6.74. The fourth-order valence-corrected chi connectivity index (χ4v) is 4.17. The number of thioether (sulfide) groups is 1. The summed E-state index contributed by atoms with van der Waals surface area (Å²) in [5.74, 6) is -0.924. The highest BCUT2D eigenvalue weighted by molar-refractivity contribution is 7.99. The third kappa shape index (κ3) is 5.40. The van der Waals surface area contributed by atoms with Crippen LogP contribution in [0.2, 0.25) is 0 Å². The number of fused-ring (bicyclic) bond motifs is 1. The van der Waals surface area contributed by atoms with Gasteiger partial charge in [0.05, 0.1) is 22.5 Å². The number of anilines is 2. The molecule has 33 heavy (non-hydrogen) atoms. The minimum absolute atomic E-state index is 0.0596. The van der Waals surface area contributed by atoms with E-state index in [1.165, 1.54) is 23.9 Å². The van der Waals surface area contributed by atoms with Gasteiger partial charge in [-0.3, -0.25) is 9.59 Å². The number of nitrogens with zero attached hydrogens (tertiary/aromatic N) is 2. The van der Waals surface area contributed by atoms with Crippen LogP contribution >= 0.6 is 11.8 Å². The second kappa shape index (κ2) is 9.87. The number of carbonyl (C=O) groups excluding carboxylic acids is 2. The van der Waals surface area contributed by atoms with E-state index in [9.17, 15) is 14.0 Å². The van der Waals surface area contributed by atoms with Gasteiger partial charge in [-0.05, 0) is 61.4 Å². The molecule has 0 aliphatic rings. The number of nitrogens with one attached hydrogen (secondary N) is 2. The lowest BCUT2D eigenvalue weighted by Gasteiger charge is -2.11. The van der Waals surface area contributed by atoms with Gasteiger partial charge in [-0.25, -0.2) is 9.37 Å². The molecular formula is C25H23FN4O2S. The third-order valence-corrected chi connectivity index (χ3v) is 6.17. The van der Waals surface area contributed by atoms with Crippen molar-refractivity contribution < 1.29 is 14.0 Å². The summed E-state index contributed by atoms with van der Waals surface area (Å²) >= 11 is 1.24. The zero-order valence-electron chi connectivity index (χ0n) is 18.3. The van der Waals surface area contributed by atoms with Crippen molar-refractivity contribution in [1.29, 1.82) is 0 Å². The lowest BCUT2D eigenvalue weighted by Crippen LogP contribution is -2.20. The predicted molar refractivity (Wildman–Crippen MR) is 130 cm³/mol. The van der Waals surface area contributed by atoms with Crippen molar-refractivity contribution in [3.8, 4) is 0 Å². The first-order valence-corrected chi connectivity index (χ1v) is 11.4. The molecule has 0 fully saturated rings. The zero-order valence-corrected chi connectivity index (χ0v) is 19.1. The van der Waals surface area contributed by atoms with Gasteiger partial charge in [0.1, 0.15) is 12.4 Å². The monoisotopic (exact) mass is 462 g/mol. The molecule has 4 rings (SSSR count). The lowest BCUT2D eigenvalue weighted by atomic mass is 10.1. The predicted octanol–water partition coefficient (Wildman–Crippen LogP) is 5.16. The lowest BCUT2D eigenvalue weighted by molar-refractivity contribution is -0.117. The van der Waals surface area contributed by atoms with E-state index in [1.54, 1.807) is 16.7 Å². The first-order chi connectivity index (χ1) is 15.9. The minimum atomic E-state index is -0.501. The molecule has 0 unspecified atom stereocenters. The molecule has 1 aromatic heterocycles. The van der Waals surface area contributed by atoms with Crippen LogP contribution in [0.5, 0.6) is 0 Å². The molecule has 0 aliphatic heterocycles.